The van der Waals surface area contributed by atoms with Gasteiger partial charge < -0.3 is 15.4 Å². The van der Waals surface area contributed by atoms with Gasteiger partial charge in [-0.2, -0.15) is 4.98 Å². The molecule has 2 heterocycles. The lowest BCUT2D eigenvalue weighted by molar-refractivity contribution is -0.113. The molecule has 2 aromatic carbocycles. The number of allylic oxidation sites excluding steroid dienone is 1. The molecule has 1 unspecified atom stereocenters. The van der Waals surface area contributed by atoms with Gasteiger partial charge in [0.05, 0.1) is 12.2 Å². The van der Waals surface area contributed by atoms with Crippen molar-refractivity contribution in [2.45, 2.75) is 58.7 Å². The van der Waals surface area contributed by atoms with Gasteiger partial charge in [0.25, 0.3) is 5.91 Å². The summed E-state index contributed by atoms with van der Waals surface area (Å²) in [4.78, 5) is 18.4. The second kappa shape index (κ2) is 11.0. The molecule has 0 radical (unpaired) electrons. The van der Waals surface area contributed by atoms with Crippen molar-refractivity contribution in [3.63, 3.8) is 0 Å². The van der Waals surface area contributed by atoms with Gasteiger partial charge in [-0.3, -0.25) is 4.79 Å². The van der Waals surface area contributed by atoms with E-state index >= 15 is 0 Å². The molecule has 7 nitrogen and oxygen atoms in total. The summed E-state index contributed by atoms with van der Waals surface area (Å²) in [6.45, 7) is 10.8. The van der Waals surface area contributed by atoms with Crippen LogP contribution in [-0.4, -0.2) is 33.0 Å². The Hall–Kier alpha value is -3.26. The molecule has 0 bridgehead atoms. The van der Waals surface area contributed by atoms with Crippen LogP contribution >= 0.6 is 11.8 Å². The Labute approximate surface area is 211 Å². The number of benzene rings is 2. The van der Waals surface area contributed by atoms with Gasteiger partial charge in [0.1, 0.15) is 11.8 Å². The number of aryl methyl sites for hydroxylation is 2. The van der Waals surface area contributed by atoms with E-state index in [0.717, 1.165) is 52.4 Å². The number of fused-ring (bicyclic) bond motifs is 1. The van der Waals surface area contributed by atoms with E-state index in [1.165, 1.54) is 0 Å². The molecule has 184 valence electrons. The highest BCUT2D eigenvalue weighted by Crippen LogP contribution is 2.37. The topological polar surface area (TPSA) is 81.1 Å². The summed E-state index contributed by atoms with van der Waals surface area (Å²) in [5, 5.41) is 11.9. The number of nitrogens with one attached hydrogen (secondary N) is 2. The van der Waals surface area contributed by atoms with Gasteiger partial charge >= 0.3 is 0 Å². The quantitative estimate of drug-likeness (QED) is 0.351. The molecule has 1 aliphatic rings. The fourth-order valence-corrected chi connectivity index (χ4v) is 4.78. The zero-order valence-corrected chi connectivity index (χ0v) is 21.8. The number of hydrogen-bond acceptors (Lipinski definition) is 6. The number of aromatic nitrogens is 3. The van der Waals surface area contributed by atoms with Crippen LogP contribution in [0.3, 0.4) is 0 Å². The van der Waals surface area contributed by atoms with E-state index in [-0.39, 0.29) is 5.91 Å². The lowest BCUT2D eigenvalue weighted by Gasteiger charge is -2.29. The molecular weight excluding hydrogens is 458 g/mol. The number of carbonyl (C=O) groups is 1. The summed E-state index contributed by atoms with van der Waals surface area (Å²) in [5.41, 5.74) is 5.29. The van der Waals surface area contributed by atoms with Gasteiger partial charge in [0.2, 0.25) is 11.1 Å². The Morgan fingerprint density at radius 1 is 1.11 bits per heavy atom. The summed E-state index contributed by atoms with van der Waals surface area (Å²) in [6, 6.07) is 13.5. The number of anilines is 2. The van der Waals surface area contributed by atoms with Crippen molar-refractivity contribution in [3.05, 3.63) is 70.4 Å². The Kier molecular flexibility index (Phi) is 7.80. The molecule has 0 fully saturated rings. The largest absolute Gasteiger partial charge is 0.494 e. The number of rotatable bonds is 9. The third-order valence-corrected chi connectivity index (χ3v) is 6.86. The minimum absolute atomic E-state index is 0.165. The maximum absolute atomic E-state index is 13.7. The first-order valence-electron chi connectivity index (χ1n) is 12.1. The van der Waals surface area contributed by atoms with Crippen LogP contribution in [-0.2, 0) is 4.79 Å². The summed E-state index contributed by atoms with van der Waals surface area (Å²) in [5.74, 6) is 2.22. The van der Waals surface area contributed by atoms with Crippen molar-refractivity contribution in [1.82, 2.24) is 14.8 Å². The standard InChI is InChI=1S/C27H33N5O2S/c1-6-14-34-21-11-9-20(10-12-21)24-23(25(33)29-22-13-8-17(3)16-18(22)4)19(5)28-26-30-27(31-32(24)26)35-15-7-2/h8-13,16,24H,6-7,14-15H2,1-5H3,(H,29,33)(H,28,30,31). The first kappa shape index (κ1) is 24.9. The minimum Gasteiger partial charge on any atom is -0.494 e. The molecule has 1 aromatic heterocycles. The fourth-order valence-electron chi connectivity index (χ4n) is 4.10. The number of ether oxygens (including phenoxy) is 1. The van der Waals surface area contributed by atoms with Crippen LogP contribution in [0.5, 0.6) is 5.75 Å². The van der Waals surface area contributed by atoms with E-state index in [1.54, 1.807) is 11.8 Å². The fraction of sp³-hybridized carbons (Fsp3) is 0.370. The first-order valence-corrected chi connectivity index (χ1v) is 13.1. The van der Waals surface area contributed by atoms with Gasteiger partial charge in [-0.15, -0.1) is 5.10 Å². The van der Waals surface area contributed by atoms with E-state index in [0.29, 0.717) is 23.3 Å². The highest BCUT2D eigenvalue weighted by Gasteiger charge is 2.34. The molecule has 1 amide bonds. The minimum atomic E-state index is -0.416. The van der Waals surface area contributed by atoms with Crippen molar-refractivity contribution < 1.29 is 9.53 Å². The summed E-state index contributed by atoms with van der Waals surface area (Å²) in [6.07, 6.45) is 1.98. The highest BCUT2D eigenvalue weighted by molar-refractivity contribution is 7.99. The summed E-state index contributed by atoms with van der Waals surface area (Å²) < 4.78 is 7.59. The molecule has 35 heavy (non-hydrogen) atoms. The zero-order chi connectivity index (χ0) is 24.9. The average Bonchev–Trinajstić information content (AvgIpc) is 3.24. The molecule has 4 rings (SSSR count). The van der Waals surface area contributed by atoms with Crippen LogP contribution in [0.4, 0.5) is 11.6 Å². The van der Waals surface area contributed by atoms with Crippen molar-refractivity contribution in [2.75, 3.05) is 23.0 Å². The van der Waals surface area contributed by atoms with Crippen LogP contribution in [0.2, 0.25) is 0 Å². The monoisotopic (exact) mass is 491 g/mol. The normalized spacial score (nSPS) is 14.9. The van der Waals surface area contributed by atoms with Crippen LogP contribution in [0, 0.1) is 13.8 Å². The van der Waals surface area contributed by atoms with Crippen LogP contribution in [0.25, 0.3) is 0 Å². The molecule has 0 aliphatic carbocycles. The van der Waals surface area contributed by atoms with E-state index in [1.807, 2.05) is 61.9 Å². The van der Waals surface area contributed by atoms with E-state index < -0.39 is 6.04 Å². The second-order valence-electron chi connectivity index (χ2n) is 8.77. The van der Waals surface area contributed by atoms with Gasteiger partial charge in [-0.05, 0) is 62.9 Å². The molecule has 1 aliphatic heterocycles. The Morgan fingerprint density at radius 2 is 1.89 bits per heavy atom. The average molecular weight is 492 g/mol. The molecule has 1 atom stereocenters. The molecular formula is C27H33N5O2S. The van der Waals surface area contributed by atoms with Gasteiger partial charge in [-0.1, -0.05) is 55.4 Å². The maximum atomic E-state index is 13.7. The Morgan fingerprint density at radius 3 is 2.57 bits per heavy atom. The lowest BCUT2D eigenvalue weighted by atomic mass is 9.94. The molecule has 0 saturated carbocycles. The molecule has 3 aromatic rings. The predicted octanol–water partition coefficient (Wildman–Crippen LogP) is 6.11. The van der Waals surface area contributed by atoms with E-state index in [2.05, 4.69) is 35.5 Å². The molecule has 0 saturated heterocycles. The summed E-state index contributed by atoms with van der Waals surface area (Å²) in [7, 11) is 0. The van der Waals surface area contributed by atoms with E-state index in [4.69, 9.17) is 9.84 Å². The van der Waals surface area contributed by atoms with Gasteiger partial charge in [0.15, 0.2) is 0 Å². The maximum Gasteiger partial charge on any atom is 0.255 e. The SMILES string of the molecule is CCCOc1ccc(C2C(C(=O)Nc3ccc(C)cc3C)=C(C)Nc3nc(SCCC)nn32)cc1. The Balaban J connectivity index is 1.72. The predicted molar refractivity (Wildman–Crippen MR) is 142 cm³/mol. The van der Waals surface area contributed by atoms with Crippen LogP contribution in [0.1, 0.15) is 56.3 Å². The molecule has 0 spiro atoms. The Bertz CT molecular complexity index is 1230. The zero-order valence-electron chi connectivity index (χ0n) is 21.0. The third-order valence-electron chi connectivity index (χ3n) is 5.81. The second-order valence-corrected chi connectivity index (χ2v) is 9.83. The highest BCUT2D eigenvalue weighted by atomic mass is 32.2. The lowest BCUT2D eigenvalue weighted by Crippen LogP contribution is -2.31. The molecule has 8 heteroatoms. The number of amides is 1. The van der Waals surface area contributed by atoms with Gasteiger partial charge in [0, 0.05) is 17.1 Å². The number of thioether (sulfide) groups is 1. The van der Waals surface area contributed by atoms with Gasteiger partial charge in [-0.25, -0.2) is 4.68 Å². The van der Waals surface area contributed by atoms with Crippen LogP contribution < -0.4 is 15.4 Å². The third kappa shape index (κ3) is 5.53. The van der Waals surface area contributed by atoms with E-state index in [9.17, 15) is 4.79 Å². The van der Waals surface area contributed by atoms with Crippen molar-refractivity contribution in [2.24, 2.45) is 0 Å². The van der Waals surface area contributed by atoms with Crippen molar-refractivity contribution in [1.29, 1.82) is 0 Å². The van der Waals surface area contributed by atoms with Crippen LogP contribution in [0.15, 0.2) is 58.9 Å². The van der Waals surface area contributed by atoms with Crippen molar-refractivity contribution >= 4 is 29.3 Å². The first-order chi connectivity index (χ1) is 16.9. The number of nitrogens with zero attached hydrogens (tertiary/aromatic N) is 3. The number of hydrogen-bond donors (Lipinski definition) is 2. The smallest absolute Gasteiger partial charge is 0.255 e. The number of carbonyl (C=O) groups excluding carboxylic acids is 1. The van der Waals surface area contributed by atoms with Crippen molar-refractivity contribution in [3.8, 4) is 5.75 Å². The molecule has 2 N–H and O–H groups in total. The summed E-state index contributed by atoms with van der Waals surface area (Å²) >= 11 is 1.62.